The smallest absolute Gasteiger partial charge is 0.269 e. The van der Waals surface area contributed by atoms with Crippen molar-refractivity contribution < 1.29 is 4.92 Å². The molecule has 6 nitrogen and oxygen atoms in total. The normalized spacial score (nSPS) is 12.1. The lowest BCUT2D eigenvalue weighted by atomic mass is 10.1. The van der Waals surface area contributed by atoms with Crippen molar-refractivity contribution >= 4 is 5.69 Å². The van der Waals surface area contributed by atoms with Gasteiger partial charge in [-0.2, -0.15) is 0 Å². The van der Waals surface area contributed by atoms with Crippen molar-refractivity contribution in [2.45, 2.75) is 26.8 Å². The number of hydrogen-bond acceptors (Lipinski definition) is 5. The maximum Gasteiger partial charge on any atom is 0.269 e. The van der Waals surface area contributed by atoms with Crippen molar-refractivity contribution in [3.63, 3.8) is 0 Å². The summed E-state index contributed by atoms with van der Waals surface area (Å²) in [5.74, 6) is 0.579. The van der Waals surface area contributed by atoms with Crippen molar-refractivity contribution in [1.29, 1.82) is 0 Å². The SMILES string of the molecule is CCNC(C)c1cnc(-c2ccc([N+](=O)[O-])cc2)nc1C. The summed E-state index contributed by atoms with van der Waals surface area (Å²) in [5, 5.41) is 14.0. The van der Waals surface area contributed by atoms with Crippen LogP contribution in [0.1, 0.15) is 31.1 Å². The Labute approximate surface area is 123 Å². The van der Waals surface area contributed by atoms with E-state index in [1.165, 1.54) is 12.1 Å². The quantitative estimate of drug-likeness (QED) is 0.675. The fourth-order valence-electron chi connectivity index (χ4n) is 2.19. The maximum atomic E-state index is 10.7. The number of non-ortho nitro benzene ring substituents is 1. The lowest BCUT2D eigenvalue weighted by molar-refractivity contribution is -0.384. The minimum atomic E-state index is -0.420. The number of nitrogens with zero attached hydrogens (tertiary/aromatic N) is 3. The average Bonchev–Trinajstić information content (AvgIpc) is 2.47. The van der Waals surface area contributed by atoms with Gasteiger partial charge in [-0.15, -0.1) is 0 Å². The molecule has 1 aromatic heterocycles. The molecular weight excluding hydrogens is 268 g/mol. The van der Waals surface area contributed by atoms with E-state index >= 15 is 0 Å². The van der Waals surface area contributed by atoms with E-state index in [0.29, 0.717) is 5.82 Å². The van der Waals surface area contributed by atoms with Gasteiger partial charge in [0.15, 0.2) is 5.82 Å². The standard InChI is InChI=1S/C15H18N4O2/c1-4-16-10(2)14-9-17-15(18-11(14)3)12-5-7-13(8-6-12)19(20)21/h5-10,16H,4H2,1-3H3. The van der Waals surface area contributed by atoms with Crippen molar-refractivity contribution in [2.75, 3.05) is 6.54 Å². The van der Waals surface area contributed by atoms with Gasteiger partial charge in [0.05, 0.1) is 4.92 Å². The number of nitro benzene ring substituents is 1. The second kappa shape index (κ2) is 6.41. The number of rotatable bonds is 5. The van der Waals surface area contributed by atoms with Gasteiger partial charge in [0.25, 0.3) is 5.69 Å². The summed E-state index contributed by atoms with van der Waals surface area (Å²) >= 11 is 0. The van der Waals surface area contributed by atoms with Crippen LogP contribution in [0.15, 0.2) is 30.5 Å². The summed E-state index contributed by atoms with van der Waals surface area (Å²) in [6.45, 7) is 6.95. The van der Waals surface area contributed by atoms with E-state index in [2.05, 4.69) is 29.1 Å². The van der Waals surface area contributed by atoms with Crippen LogP contribution in [-0.2, 0) is 0 Å². The number of nitro groups is 1. The van der Waals surface area contributed by atoms with E-state index in [9.17, 15) is 10.1 Å². The minimum Gasteiger partial charge on any atom is -0.310 e. The predicted molar refractivity (Wildman–Crippen MR) is 81.0 cm³/mol. The number of hydrogen-bond donors (Lipinski definition) is 1. The number of aryl methyl sites for hydroxylation is 1. The molecule has 0 radical (unpaired) electrons. The fraction of sp³-hybridized carbons (Fsp3) is 0.333. The zero-order valence-corrected chi connectivity index (χ0v) is 12.3. The van der Waals surface area contributed by atoms with Crippen LogP contribution in [0.3, 0.4) is 0 Å². The molecule has 0 spiro atoms. The van der Waals surface area contributed by atoms with Gasteiger partial charge in [-0.05, 0) is 32.5 Å². The van der Waals surface area contributed by atoms with E-state index in [1.54, 1.807) is 12.1 Å². The molecule has 1 unspecified atom stereocenters. The van der Waals surface area contributed by atoms with E-state index in [-0.39, 0.29) is 11.7 Å². The number of benzene rings is 1. The third-order valence-corrected chi connectivity index (χ3v) is 3.33. The second-order valence-corrected chi connectivity index (χ2v) is 4.82. The van der Waals surface area contributed by atoms with E-state index in [0.717, 1.165) is 23.4 Å². The Morgan fingerprint density at radius 1 is 1.33 bits per heavy atom. The predicted octanol–water partition coefficient (Wildman–Crippen LogP) is 3.03. The average molecular weight is 286 g/mol. The summed E-state index contributed by atoms with van der Waals surface area (Å²) < 4.78 is 0. The van der Waals surface area contributed by atoms with Gasteiger partial charge in [0.2, 0.25) is 0 Å². The molecule has 0 fully saturated rings. The molecule has 6 heteroatoms. The first-order valence-electron chi connectivity index (χ1n) is 6.84. The van der Waals surface area contributed by atoms with Crippen LogP contribution in [0.25, 0.3) is 11.4 Å². The molecule has 0 aliphatic heterocycles. The zero-order chi connectivity index (χ0) is 15.4. The van der Waals surface area contributed by atoms with Crippen LogP contribution in [0, 0.1) is 17.0 Å². The molecule has 2 aromatic rings. The van der Waals surface area contributed by atoms with Crippen LogP contribution in [-0.4, -0.2) is 21.4 Å². The maximum absolute atomic E-state index is 10.7. The van der Waals surface area contributed by atoms with Gasteiger partial charge in [-0.1, -0.05) is 6.92 Å². The largest absolute Gasteiger partial charge is 0.310 e. The highest BCUT2D eigenvalue weighted by molar-refractivity contribution is 5.57. The summed E-state index contributed by atoms with van der Waals surface area (Å²) in [4.78, 5) is 19.1. The molecule has 0 amide bonds. The first-order valence-corrected chi connectivity index (χ1v) is 6.84. The van der Waals surface area contributed by atoms with E-state index in [4.69, 9.17) is 0 Å². The molecule has 0 aliphatic rings. The molecule has 1 N–H and O–H groups in total. The minimum absolute atomic E-state index is 0.0628. The third-order valence-electron chi connectivity index (χ3n) is 3.33. The molecule has 1 heterocycles. The van der Waals surface area contributed by atoms with E-state index < -0.39 is 4.92 Å². The number of aromatic nitrogens is 2. The highest BCUT2D eigenvalue weighted by Gasteiger charge is 2.12. The van der Waals surface area contributed by atoms with Gasteiger partial charge in [-0.3, -0.25) is 10.1 Å². The van der Waals surface area contributed by atoms with Gasteiger partial charge < -0.3 is 5.32 Å². The Bertz CT molecular complexity index is 641. The lowest BCUT2D eigenvalue weighted by Gasteiger charge is -2.15. The van der Waals surface area contributed by atoms with Crippen molar-refractivity contribution in [1.82, 2.24) is 15.3 Å². The molecule has 0 aliphatic carbocycles. The molecule has 0 saturated carbocycles. The van der Waals surface area contributed by atoms with Gasteiger partial charge in [-0.25, -0.2) is 9.97 Å². The number of nitrogens with one attached hydrogen (secondary N) is 1. The van der Waals surface area contributed by atoms with Crippen LogP contribution in [0.5, 0.6) is 0 Å². The molecule has 0 bridgehead atoms. The molecular formula is C15H18N4O2. The first kappa shape index (κ1) is 15.1. The highest BCUT2D eigenvalue weighted by Crippen LogP contribution is 2.22. The summed E-state index contributed by atoms with van der Waals surface area (Å²) in [6.07, 6.45) is 1.81. The highest BCUT2D eigenvalue weighted by atomic mass is 16.6. The fourth-order valence-corrected chi connectivity index (χ4v) is 2.19. The molecule has 110 valence electrons. The van der Waals surface area contributed by atoms with Crippen LogP contribution in [0.4, 0.5) is 5.69 Å². The Balaban J connectivity index is 2.29. The van der Waals surface area contributed by atoms with E-state index in [1.807, 2.05) is 13.1 Å². The summed E-state index contributed by atoms with van der Waals surface area (Å²) in [6, 6.07) is 6.45. The van der Waals surface area contributed by atoms with Crippen molar-refractivity contribution in [2.24, 2.45) is 0 Å². The van der Waals surface area contributed by atoms with Gasteiger partial charge in [0, 0.05) is 41.2 Å². The Morgan fingerprint density at radius 3 is 2.52 bits per heavy atom. The van der Waals surface area contributed by atoms with Gasteiger partial charge in [0.1, 0.15) is 0 Å². The van der Waals surface area contributed by atoms with Crippen LogP contribution in [0.2, 0.25) is 0 Å². The monoisotopic (exact) mass is 286 g/mol. The zero-order valence-electron chi connectivity index (χ0n) is 12.3. The molecule has 0 saturated heterocycles. The molecule has 21 heavy (non-hydrogen) atoms. The Kier molecular flexibility index (Phi) is 4.59. The van der Waals surface area contributed by atoms with Gasteiger partial charge >= 0.3 is 0 Å². The lowest BCUT2D eigenvalue weighted by Crippen LogP contribution is -2.19. The second-order valence-electron chi connectivity index (χ2n) is 4.82. The first-order chi connectivity index (χ1) is 10.0. The molecule has 1 aromatic carbocycles. The Hall–Kier alpha value is -2.34. The topological polar surface area (TPSA) is 81.0 Å². The van der Waals surface area contributed by atoms with Crippen LogP contribution >= 0.6 is 0 Å². The van der Waals surface area contributed by atoms with Crippen LogP contribution < -0.4 is 5.32 Å². The third kappa shape index (κ3) is 3.41. The van der Waals surface area contributed by atoms with Crippen molar-refractivity contribution in [3.05, 3.63) is 51.8 Å². The van der Waals surface area contributed by atoms with Crippen molar-refractivity contribution in [3.8, 4) is 11.4 Å². The Morgan fingerprint density at radius 2 is 2.00 bits per heavy atom. The molecule has 2 rings (SSSR count). The molecule has 1 atom stereocenters. The summed E-state index contributed by atoms with van der Waals surface area (Å²) in [7, 11) is 0. The summed E-state index contributed by atoms with van der Waals surface area (Å²) in [5.41, 5.74) is 2.80.